The van der Waals surface area contributed by atoms with Gasteiger partial charge >= 0.3 is 0 Å². The van der Waals surface area contributed by atoms with Crippen LogP contribution in [-0.4, -0.2) is 33.8 Å². The molecule has 33 heavy (non-hydrogen) atoms. The van der Waals surface area contributed by atoms with Gasteiger partial charge < -0.3 is 16.0 Å². The maximum Gasteiger partial charge on any atom is 0.257 e. The van der Waals surface area contributed by atoms with Gasteiger partial charge in [0.25, 0.3) is 11.8 Å². The number of hydrogen-bond donors (Lipinski definition) is 2. The predicted molar refractivity (Wildman–Crippen MR) is 130 cm³/mol. The molecule has 1 heterocycles. The molecule has 6 nitrogen and oxygen atoms in total. The quantitative estimate of drug-likeness (QED) is 0.545. The largest absolute Gasteiger partial charge is 0.330 e. The fourth-order valence-corrected chi connectivity index (χ4v) is 4.45. The van der Waals surface area contributed by atoms with Crippen molar-refractivity contribution < 1.29 is 9.59 Å². The van der Waals surface area contributed by atoms with Crippen molar-refractivity contribution in [1.29, 1.82) is 0 Å². The van der Waals surface area contributed by atoms with E-state index in [1.807, 2.05) is 41.3 Å². The molecule has 1 aliphatic rings. The lowest BCUT2D eigenvalue weighted by atomic mass is 9.89. The third kappa shape index (κ3) is 5.59. The van der Waals surface area contributed by atoms with Crippen LogP contribution in [0.1, 0.15) is 52.0 Å². The number of hydrogen-bond acceptors (Lipinski definition) is 4. The lowest BCUT2D eigenvalue weighted by Crippen LogP contribution is -2.51. The van der Waals surface area contributed by atoms with Crippen molar-refractivity contribution >= 4 is 29.1 Å². The summed E-state index contributed by atoms with van der Waals surface area (Å²) >= 11 is 6.53. The summed E-state index contributed by atoms with van der Waals surface area (Å²) in [6.07, 6.45) is 6.98. The van der Waals surface area contributed by atoms with Crippen molar-refractivity contribution in [3.63, 3.8) is 0 Å². The van der Waals surface area contributed by atoms with Crippen LogP contribution < -0.4 is 11.1 Å². The molecule has 7 heteroatoms. The van der Waals surface area contributed by atoms with E-state index >= 15 is 0 Å². The standard InChI is InChI=1S/C26H27ClN4O2/c27-22-13-12-21(30-25(32)19-9-6-14-29-16-19)15-20(22)17-31(24-11-5-4-10-23(24)28)26(33)18-7-2-1-3-8-18/h1-3,6-9,12-16,23-24H,4-5,10-11,17,28H2,(H,30,32). The minimum atomic E-state index is -0.261. The van der Waals surface area contributed by atoms with Gasteiger partial charge in [-0.1, -0.05) is 42.6 Å². The molecular formula is C26H27ClN4O2. The number of amides is 2. The first-order valence-electron chi connectivity index (χ1n) is 11.1. The minimum absolute atomic E-state index is 0.0705. The molecule has 0 bridgehead atoms. The van der Waals surface area contributed by atoms with Crippen molar-refractivity contribution in [3.8, 4) is 0 Å². The van der Waals surface area contributed by atoms with Gasteiger partial charge in [0, 0.05) is 47.3 Å². The van der Waals surface area contributed by atoms with E-state index in [0.29, 0.717) is 28.4 Å². The summed E-state index contributed by atoms with van der Waals surface area (Å²) in [7, 11) is 0. The number of nitrogens with two attached hydrogens (primary N) is 1. The molecule has 0 radical (unpaired) electrons. The Bertz CT molecular complexity index is 1110. The maximum atomic E-state index is 13.5. The van der Waals surface area contributed by atoms with Crippen LogP contribution in [-0.2, 0) is 6.54 Å². The first kappa shape index (κ1) is 23.0. The van der Waals surface area contributed by atoms with E-state index in [4.69, 9.17) is 17.3 Å². The lowest BCUT2D eigenvalue weighted by molar-refractivity contribution is 0.0583. The Morgan fingerprint density at radius 3 is 2.52 bits per heavy atom. The second-order valence-corrected chi connectivity index (χ2v) is 8.72. The molecule has 2 atom stereocenters. The summed E-state index contributed by atoms with van der Waals surface area (Å²) in [4.78, 5) is 31.9. The smallest absolute Gasteiger partial charge is 0.257 e. The maximum absolute atomic E-state index is 13.5. The number of carbonyl (C=O) groups excluding carboxylic acids is 2. The van der Waals surface area contributed by atoms with Gasteiger partial charge in [0.15, 0.2) is 0 Å². The molecule has 1 aliphatic carbocycles. The first-order valence-corrected chi connectivity index (χ1v) is 11.5. The van der Waals surface area contributed by atoms with E-state index in [1.54, 1.807) is 30.5 Å². The van der Waals surface area contributed by atoms with Crippen LogP contribution in [0.5, 0.6) is 0 Å². The molecule has 0 aliphatic heterocycles. The Hall–Kier alpha value is -3.22. The van der Waals surface area contributed by atoms with Crippen molar-refractivity contribution in [3.05, 3.63) is 94.8 Å². The van der Waals surface area contributed by atoms with Crippen molar-refractivity contribution in [1.82, 2.24) is 9.88 Å². The highest BCUT2D eigenvalue weighted by Crippen LogP contribution is 2.28. The number of carbonyl (C=O) groups is 2. The van der Waals surface area contributed by atoms with Crippen LogP contribution in [0.2, 0.25) is 5.02 Å². The number of rotatable bonds is 6. The van der Waals surface area contributed by atoms with Crippen LogP contribution in [0.15, 0.2) is 73.1 Å². The molecule has 4 rings (SSSR count). The van der Waals surface area contributed by atoms with Gasteiger partial charge in [-0.25, -0.2) is 0 Å². The topological polar surface area (TPSA) is 88.3 Å². The highest BCUT2D eigenvalue weighted by Gasteiger charge is 2.32. The summed E-state index contributed by atoms with van der Waals surface area (Å²) in [5.41, 5.74) is 8.89. The molecular weight excluding hydrogens is 436 g/mol. The van der Waals surface area contributed by atoms with Crippen LogP contribution >= 0.6 is 11.6 Å². The number of nitrogens with one attached hydrogen (secondary N) is 1. The zero-order valence-electron chi connectivity index (χ0n) is 18.3. The molecule has 2 amide bonds. The molecule has 2 aromatic carbocycles. The van der Waals surface area contributed by atoms with Gasteiger partial charge in [-0.05, 0) is 60.9 Å². The number of anilines is 1. The zero-order valence-corrected chi connectivity index (χ0v) is 19.0. The predicted octanol–water partition coefficient (Wildman–Crippen LogP) is 4.90. The number of aromatic nitrogens is 1. The molecule has 2 unspecified atom stereocenters. The number of halogens is 1. The lowest BCUT2D eigenvalue weighted by Gasteiger charge is -2.38. The van der Waals surface area contributed by atoms with E-state index in [-0.39, 0.29) is 23.9 Å². The van der Waals surface area contributed by atoms with Gasteiger partial charge in [-0.3, -0.25) is 14.6 Å². The third-order valence-electron chi connectivity index (χ3n) is 6.03. The van der Waals surface area contributed by atoms with Crippen LogP contribution in [0.4, 0.5) is 5.69 Å². The van der Waals surface area contributed by atoms with E-state index in [0.717, 1.165) is 31.2 Å². The third-order valence-corrected chi connectivity index (χ3v) is 6.40. The Morgan fingerprint density at radius 1 is 1.03 bits per heavy atom. The molecule has 0 saturated heterocycles. The van der Waals surface area contributed by atoms with Gasteiger partial charge in [-0.2, -0.15) is 0 Å². The summed E-state index contributed by atoms with van der Waals surface area (Å²) in [6.45, 7) is 0.307. The monoisotopic (exact) mass is 462 g/mol. The highest BCUT2D eigenvalue weighted by atomic mass is 35.5. The molecule has 1 aromatic heterocycles. The van der Waals surface area contributed by atoms with Gasteiger partial charge in [0.1, 0.15) is 0 Å². The van der Waals surface area contributed by atoms with E-state index in [2.05, 4.69) is 10.3 Å². The fourth-order valence-electron chi connectivity index (χ4n) is 4.27. The molecule has 1 fully saturated rings. The summed E-state index contributed by atoms with van der Waals surface area (Å²) in [5, 5.41) is 3.41. The van der Waals surface area contributed by atoms with Gasteiger partial charge in [0.2, 0.25) is 0 Å². The van der Waals surface area contributed by atoms with Crippen molar-refractivity contribution in [2.45, 2.75) is 44.3 Å². The van der Waals surface area contributed by atoms with E-state index in [9.17, 15) is 9.59 Å². The van der Waals surface area contributed by atoms with Crippen LogP contribution in [0.3, 0.4) is 0 Å². The fraction of sp³-hybridized carbons (Fsp3) is 0.269. The molecule has 3 N–H and O–H groups in total. The average Bonchev–Trinajstić information content (AvgIpc) is 2.85. The Kier molecular flexibility index (Phi) is 7.37. The first-order chi connectivity index (χ1) is 16.0. The molecule has 170 valence electrons. The zero-order chi connectivity index (χ0) is 23.2. The van der Waals surface area contributed by atoms with Crippen molar-refractivity contribution in [2.75, 3.05) is 5.32 Å². The molecule has 3 aromatic rings. The molecule has 0 spiro atoms. The highest BCUT2D eigenvalue weighted by molar-refractivity contribution is 6.31. The summed E-state index contributed by atoms with van der Waals surface area (Å²) in [6, 6.07) is 17.8. The second kappa shape index (κ2) is 10.6. The molecule has 1 saturated carbocycles. The Labute approximate surface area is 198 Å². The number of pyridine rings is 1. The van der Waals surface area contributed by atoms with E-state index in [1.165, 1.54) is 6.20 Å². The van der Waals surface area contributed by atoms with E-state index < -0.39 is 0 Å². The number of benzene rings is 2. The van der Waals surface area contributed by atoms with Crippen molar-refractivity contribution in [2.24, 2.45) is 5.73 Å². The van der Waals surface area contributed by atoms with Gasteiger partial charge in [0.05, 0.1) is 5.56 Å². The van der Waals surface area contributed by atoms with Gasteiger partial charge in [-0.15, -0.1) is 0 Å². The summed E-state index contributed by atoms with van der Waals surface area (Å²) in [5.74, 6) is -0.332. The van der Waals surface area contributed by atoms with Crippen LogP contribution in [0, 0.1) is 0 Å². The normalized spacial score (nSPS) is 17.9. The second-order valence-electron chi connectivity index (χ2n) is 8.32. The number of nitrogens with zero attached hydrogens (tertiary/aromatic N) is 2. The average molecular weight is 463 g/mol. The Balaban J connectivity index is 1.60. The van der Waals surface area contributed by atoms with Crippen LogP contribution in [0.25, 0.3) is 0 Å². The SMILES string of the molecule is NC1CCCCC1N(Cc1cc(NC(=O)c2cccnc2)ccc1Cl)C(=O)c1ccccc1. The minimum Gasteiger partial charge on any atom is -0.330 e. The summed E-state index contributed by atoms with van der Waals surface area (Å²) < 4.78 is 0. The Morgan fingerprint density at radius 2 is 1.79 bits per heavy atom.